The van der Waals surface area contributed by atoms with Gasteiger partial charge in [0.15, 0.2) is 0 Å². The van der Waals surface area contributed by atoms with Crippen LogP contribution in [-0.2, 0) is 22.5 Å². The number of esters is 1. The number of nitrogens with zero attached hydrogens (tertiary/aromatic N) is 2. The van der Waals surface area contributed by atoms with Crippen molar-refractivity contribution in [2.75, 3.05) is 13.2 Å². The predicted octanol–water partition coefficient (Wildman–Crippen LogP) is 1.60. The quantitative estimate of drug-likeness (QED) is 0.762. The van der Waals surface area contributed by atoms with Gasteiger partial charge in [0.2, 0.25) is 0 Å². The van der Waals surface area contributed by atoms with Gasteiger partial charge in [0.1, 0.15) is 6.04 Å². The molecule has 0 bridgehead atoms. The zero-order valence-electron chi connectivity index (χ0n) is 12.6. The normalized spacial score (nSPS) is 12.5. The van der Waals surface area contributed by atoms with Crippen molar-refractivity contribution in [2.24, 2.45) is 0 Å². The summed E-state index contributed by atoms with van der Waals surface area (Å²) in [6.07, 6.45) is 0.961. The lowest BCUT2D eigenvalue weighted by molar-refractivity contribution is -0.146. The van der Waals surface area contributed by atoms with Crippen molar-refractivity contribution in [3.63, 3.8) is 0 Å². The zero-order valence-corrected chi connectivity index (χ0v) is 12.6. The summed E-state index contributed by atoms with van der Waals surface area (Å²) in [7, 11) is 0. The first-order valence-corrected chi connectivity index (χ1v) is 6.97. The molecule has 1 aromatic rings. The van der Waals surface area contributed by atoms with Crippen LogP contribution >= 0.6 is 0 Å². The Hall–Kier alpha value is -1.36. The molecule has 1 heterocycles. The van der Waals surface area contributed by atoms with Gasteiger partial charge >= 0.3 is 5.97 Å². The van der Waals surface area contributed by atoms with Crippen molar-refractivity contribution in [1.29, 1.82) is 0 Å². The molecule has 0 aromatic carbocycles. The SMILES string of the molecule is CCNC(Cn1nc(C)c(CC)c1C)C(=O)OCC. The molecular formula is C14H25N3O2. The first-order chi connectivity index (χ1) is 9.04. The second-order valence-electron chi connectivity index (χ2n) is 4.55. The highest BCUT2D eigenvalue weighted by atomic mass is 16.5. The van der Waals surface area contributed by atoms with Crippen LogP contribution in [0.25, 0.3) is 0 Å². The lowest BCUT2D eigenvalue weighted by Gasteiger charge is -2.17. The Labute approximate surface area is 115 Å². The number of aromatic nitrogens is 2. The van der Waals surface area contributed by atoms with E-state index >= 15 is 0 Å². The Bertz CT molecular complexity index is 427. The molecule has 108 valence electrons. The fourth-order valence-electron chi connectivity index (χ4n) is 2.31. The van der Waals surface area contributed by atoms with Crippen LogP contribution in [0.3, 0.4) is 0 Å². The second-order valence-corrected chi connectivity index (χ2v) is 4.55. The molecule has 19 heavy (non-hydrogen) atoms. The summed E-state index contributed by atoms with van der Waals surface area (Å²) in [6.45, 7) is 11.6. The smallest absolute Gasteiger partial charge is 0.325 e. The van der Waals surface area contributed by atoms with Gasteiger partial charge in [0, 0.05) is 5.69 Å². The molecule has 0 amide bonds. The minimum atomic E-state index is -0.340. The van der Waals surface area contributed by atoms with Gasteiger partial charge in [-0.2, -0.15) is 5.10 Å². The highest BCUT2D eigenvalue weighted by Crippen LogP contribution is 2.14. The van der Waals surface area contributed by atoms with Crippen LogP contribution in [0.4, 0.5) is 0 Å². The Morgan fingerprint density at radius 2 is 2.05 bits per heavy atom. The van der Waals surface area contributed by atoms with Crippen LogP contribution in [0.2, 0.25) is 0 Å². The molecule has 1 N–H and O–H groups in total. The standard InChI is InChI=1S/C14H25N3O2/c1-6-12-10(4)16-17(11(12)5)9-13(15-7-2)14(18)19-8-3/h13,15H,6-9H2,1-5H3. The number of aryl methyl sites for hydroxylation is 1. The van der Waals surface area contributed by atoms with Crippen molar-refractivity contribution >= 4 is 5.97 Å². The Balaban J connectivity index is 2.87. The number of ether oxygens (including phenoxy) is 1. The highest BCUT2D eigenvalue weighted by Gasteiger charge is 2.21. The maximum absolute atomic E-state index is 11.9. The third-order valence-corrected chi connectivity index (χ3v) is 3.26. The van der Waals surface area contributed by atoms with Crippen molar-refractivity contribution in [3.05, 3.63) is 17.0 Å². The second kappa shape index (κ2) is 7.28. The Morgan fingerprint density at radius 1 is 1.37 bits per heavy atom. The van der Waals surface area contributed by atoms with E-state index in [4.69, 9.17) is 4.74 Å². The van der Waals surface area contributed by atoms with Gasteiger partial charge in [-0.3, -0.25) is 9.48 Å². The molecule has 1 atom stereocenters. The first kappa shape index (κ1) is 15.7. The third kappa shape index (κ3) is 3.80. The number of likely N-dealkylation sites (N-methyl/N-ethyl adjacent to an activating group) is 1. The molecule has 5 heteroatoms. The molecule has 0 radical (unpaired) electrons. The molecule has 0 saturated carbocycles. The Kier molecular flexibility index (Phi) is 6.02. The summed E-state index contributed by atoms with van der Waals surface area (Å²) in [5, 5.41) is 7.67. The number of nitrogens with one attached hydrogen (secondary N) is 1. The van der Waals surface area contributed by atoms with Crippen LogP contribution in [0.1, 0.15) is 37.7 Å². The summed E-state index contributed by atoms with van der Waals surface area (Å²) in [5.41, 5.74) is 3.44. The van der Waals surface area contributed by atoms with E-state index in [1.165, 1.54) is 5.56 Å². The molecule has 0 saturated heterocycles. The van der Waals surface area contributed by atoms with Crippen LogP contribution in [0.15, 0.2) is 0 Å². The van der Waals surface area contributed by atoms with Gasteiger partial charge in [-0.05, 0) is 39.3 Å². The Morgan fingerprint density at radius 3 is 2.53 bits per heavy atom. The fraction of sp³-hybridized carbons (Fsp3) is 0.714. The van der Waals surface area contributed by atoms with E-state index < -0.39 is 0 Å². The summed E-state index contributed by atoms with van der Waals surface area (Å²) in [4.78, 5) is 11.9. The molecule has 0 aliphatic rings. The van der Waals surface area contributed by atoms with Gasteiger partial charge in [-0.15, -0.1) is 0 Å². The summed E-state index contributed by atoms with van der Waals surface area (Å²) in [5.74, 6) is -0.213. The lowest BCUT2D eigenvalue weighted by atomic mass is 10.1. The van der Waals surface area contributed by atoms with Crippen LogP contribution in [0, 0.1) is 13.8 Å². The minimum absolute atomic E-state index is 0.213. The van der Waals surface area contributed by atoms with Crippen molar-refractivity contribution in [1.82, 2.24) is 15.1 Å². The van der Waals surface area contributed by atoms with Crippen molar-refractivity contribution < 1.29 is 9.53 Å². The molecule has 5 nitrogen and oxygen atoms in total. The van der Waals surface area contributed by atoms with Gasteiger partial charge < -0.3 is 10.1 Å². The average Bonchev–Trinajstić information content (AvgIpc) is 2.63. The largest absolute Gasteiger partial charge is 0.465 e. The van der Waals surface area contributed by atoms with Gasteiger partial charge in [-0.1, -0.05) is 13.8 Å². The van der Waals surface area contributed by atoms with Crippen LogP contribution in [0.5, 0.6) is 0 Å². The average molecular weight is 267 g/mol. The zero-order chi connectivity index (χ0) is 14.4. The van der Waals surface area contributed by atoms with E-state index in [0.29, 0.717) is 13.2 Å². The lowest BCUT2D eigenvalue weighted by Crippen LogP contribution is -2.41. The van der Waals surface area contributed by atoms with Crippen LogP contribution < -0.4 is 5.32 Å². The maximum atomic E-state index is 11.9. The number of carbonyl (C=O) groups is 1. The number of hydrogen-bond donors (Lipinski definition) is 1. The summed E-state index contributed by atoms with van der Waals surface area (Å²) < 4.78 is 6.99. The van der Waals surface area contributed by atoms with E-state index in [-0.39, 0.29) is 12.0 Å². The highest BCUT2D eigenvalue weighted by molar-refractivity contribution is 5.75. The predicted molar refractivity (Wildman–Crippen MR) is 75.2 cm³/mol. The number of hydrogen-bond acceptors (Lipinski definition) is 4. The molecule has 0 fully saturated rings. The van der Waals surface area contributed by atoms with Gasteiger partial charge in [0.05, 0.1) is 18.8 Å². The monoisotopic (exact) mass is 267 g/mol. The van der Waals surface area contributed by atoms with E-state index in [1.54, 1.807) is 0 Å². The molecular weight excluding hydrogens is 242 g/mol. The van der Waals surface area contributed by atoms with Crippen molar-refractivity contribution in [3.8, 4) is 0 Å². The third-order valence-electron chi connectivity index (χ3n) is 3.26. The molecule has 1 unspecified atom stereocenters. The summed E-state index contributed by atoms with van der Waals surface area (Å²) >= 11 is 0. The fourth-order valence-corrected chi connectivity index (χ4v) is 2.31. The molecule has 1 aromatic heterocycles. The molecule has 1 rings (SSSR count). The summed E-state index contributed by atoms with van der Waals surface area (Å²) in [6, 6.07) is -0.340. The minimum Gasteiger partial charge on any atom is -0.465 e. The topological polar surface area (TPSA) is 56.2 Å². The first-order valence-electron chi connectivity index (χ1n) is 6.97. The van der Waals surface area contributed by atoms with E-state index in [9.17, 15) is 4.79 Å². The van der Waals surface area contributed by atoms with Gasteiger partial charge in [0.25, 0.3) is 0 Å². The van der Waals surface area contributed by atoms with E-state index in [0.717, 1.165) is 24.4 Å². The van der Waals surface area contributed by atoms with Gasteiger partial charge in [-0.25, -0.2) is 0 Å². The molecule has 0 aliphatic carbocycles. The van der Waals surface area contributed by atoms with E-state index in [1.807, 2.05) is 32.4 Å². The van der Waals surface area contributed by atoms with Crippen LogP contribution in [-0.4, -0.2) is 34.9 Å². The molecule has 0 aliphatic heterocycles. The molecule has 0 spiro atoms. The van der Waals surface area contributed by atoms with E-state index in [2.05, 4.69) is 17.3 Å². The number of carbonyl (C=O) groups excluding carboxylic acids is 1. The maximum Gasteiger partial charge on any atom is 0.325 e. The van der Waals surface area contributed by atoms with Crippen molar-refractivity contribution in [2.45, 2.75) is 53.6 Å². The number of rotatable bonds is 7.